The lowest BCUT2D eigenvalue weighted by Crippen LogP contribution is -2.47. The molecule has 1 aliphatic rings. The highest BCUT2D eigenvalue weighted by atomic mass is 32.2. The number of amides is 1. The van der Waals surface area contributed by atoms with Crippen molar-refractivity contribution in [3.8, 4) is 16.9 Å². The Morgan fingerprint density at radius 3 is 2.14 bits per heavy atom. The molecule has 1 amide bonds. The van der Waals surface area contributed by atoms with E-state index in [1.165, 1.54) is 12.1 Å². The summed E-state index contributed by atoms with van der Waals surface area (Å²) in [6, 6.07) is 45.0. The maximum atomic E-state index is 13.7. The molecular formula is C51H55N3O8S. The maximum Gasteiger partial charge on any atom is 0.241 e. The molecular weight excluding hydrogens is 815 g/mol. The minimum Gasteiger partial charge on any atom is -0.508 e. The number of carbonyl (C=O) groups is 1. The third kappa shape index (κ3) is 11.9. The third-order valence-corrected chi connectivity index (χ3v) is 13.0. The van der Waals surface area contributed by atoms with Gasteiger partial charge in [0.2, 0.25) is 15.9 Å². The van der Waals surface area contributed by atoms with Crippen molar-refractivity contribution in [2.24, 2.45) is 5.92 Å². The molecule has 0 radical (unpaired) electrons. The Hall–Kier alpha value is -5.70. The molecule has 0 bridgehead atoms. The van der Waals surface area contributed by atoms with E-state index in [1.54, 1.807) is 36.4 Å². The number of benzene rings is 6. The Morgan fingerprint density at radius 1 is 0.762 bits per heavy atom. The Kier molecular flexibility index (Phi) is 14.9. The van der Waals surface area contributed by atoms with Crippen LogP contribution >= 0.6 is 0 Å². The average Bonchev–Trinajstić information content (AvgIpc) is 3.29. The van der Waals surface area contributed by atoms with E-state index in [1.807, 2.05) is 122 Å². The summed E-state index contributed by atoms with van der Waals surface area (Å²) >= 11 is 0. The van der Waals surface area contributed by atoms with Crippen LogP contribution < -0.4 is 10.0 Å². The number of hydrogen-bond donors (Lipinski definition) is 5. The second-order valence-electron chi connectivity index (χ2n) is 16.4. The van der Waals surface area contributed by atoms with E-state index < -0.39 is 34.4 Å². The number of aryl methyl sites for hydroxylation is 1. The van der Waals surface area contributed by atoms with Crippen LogP contribution in [0.2, 0.25) is 0 Å². The molecule has 6 atom stereocenters. The zero-order chi connectivity index (χ0) is 44.5. The minimum atomic E-state index is -3.98. The summed E-state index contributed by atoms with van der Waals surface area (Å²) in [6.45, 7) is 4.94. The van der Waals surface area contributed by atoms with Crippen molar-refractivity contribution in [1.82, 2.24) is 14.9 Å². The van der Waals surface area contributed by atoms with Gasteiger partial charge in [-0.25, -0.2) is 8.42 Å². The topological polar surface area (TPSA) is 158 Å². The predicted octanol–water partition coefficient (Wildman–Crippen LogP) is 7.52. The van der Waals surface area contributed by atoms with Crippen LogP contribution in [0.3, 0.4) is 0 Å². The van der Waals surface area contributed by atoms with Crippen LogP contribution in [0.5, 0.6) is 5.75 Å². The van der Waals surface area contributed by atoms with E-state index in [2.05, 4.69) is 17.0 Å². The number of aliphatic hydroxyl groups excluding tert-OH is 2. The molecule has 0 saturated carbocycles. The molecule has 0 aliphatic carbocycles. The molecule has 0 unspecified atom stereocenters. The summed E-state index contributed by atoms with van der Waals surface area (Å²) < 4.78 is 42.8. The van der Waals surface area contributed by atoms with Gasteiger partial charge in [-0.1, -0.05) is 134 Å². The summed E-state index contributed by atoms with van der Waals surface area (Å²) in [6.07, 6.45) is -1.91. The normalized spacial score (nSPS) is 18.8. The second kappa shape index (κ2) is 20.7. The van der Waals surface area contributed by atoms with Crippen LogP contribution in [0.15, 0.2) is 157 Å². The fourth-order valence-electron chi connectivity index (χ4n) is 7.86. The number of aromatic hydroxyl groups is 1. The van der Waals surface area contributed by atoms with Gasteiger partial charge in [0.1, 0.15) is 11.8 Å². The molecule has 1 heterocycles. The molecule has 12 heteroatoms. The first-order valence-corrected chi connectivity index (χ1v) is 22.6. The van der Waals surface area contributed by atoms with Crippen molar-refractivity contribution in [3.63, 3.8) is 0 Å². The molecule has 5 N–H and O–H groups in total. The smallest absolute Gasteiger partial charge is 0.241 e. The van der Waals surface area contributed by atoms with Gasteiger partial charge >= 0.3 is 0 Å². The molecule has 0 aromatic heterocycles. The highest BCUT2D eigenvalue weighted by Crippen LogP contribution is 2.42. The van der Waals surface area contributed by atoms with E-state index in [-0.39, 0.29) is 48.3 Å². The number of phenolic OH excluding ortho intramolecular Hbond substituents is 1. The highest BCUT2D eigenvalue weighted by Gasteiger charge is 2.39. The van der Waals surface area contributed by atoms with Gasteiger partial charge in [-0.3, -0.25) is 4.79 Å². The van der Waals surface area contributed by atoms with Crippen LogP contribution in [-0.4, -0.2) is 66.8 Å². The van der Waals surface area contributed by atoms with Crippen molar-refractivity contribution in [2.75, 3.05) is 20.1 Å². The molecule has 7 rings (SSSR count). The lowest BCUT2D eigenvalue weighted by atomic mass is 9.90. The molecule has 1 aliphatic heterocycles. The van der Waals surface area contributed by atoms with Crippen LogP contribution in [0.25, 0.3) is 11.1 Å². The number of phenols is 1. The summed E-state index contributed by atoms with van der Waals surface area (Å²) in [7, 11) is -2.05. The molecule has 1 saturated heterocycles. The number of rotatable bonds is 17. The molecule has 328 valence electrons. The standard InChI is InChI=1S/C51H55N3O8S/c1-34-15-25-45(26-16-34)63(59,60)53-46(28-36-9-5-4-6-10-36)50(58)52-30-38-11-7-12-42(27-38)39-21-23-41(24-22-39)51-61-48(32-54(3)31-47(57)43-13-8-14-44(56)29-43)35(2)49(62-51)40-19-17-37(33-55)18-20-40/h4-27,29,35,46-49,51,53,55-57H,28,30-33H2,1-3H3,(H,52,58)/t35-,46+,47+,48+,49+,51+/m0/s1. The average molecular weight is 870 g/mol. The number of nitrogens with zero attached hydrogens (tertiary/aromatic N) is 1. The SMILES string of the molecule is Cc1ccc(S(=O)(=O)N[C@H](Cc2ccccc2)C(=O)NCc2cccc(-c3ccc([C@@H]4O[C@H](CN(C)C[C@@H](O)c5cccc(O)c5)[C@H](C)[C@H](c5ccc(CO)cc5)O4)cc3)c2)cc1. The van der Waals surface area contributed by atoms with E-state index in [0.29, 0.717) is 18.7 Å². The van der Waals surface area contributed by atoms with Crippen molar-refractivity contribution < 1.29 is 38.0 Å². The zero-order valence-corrected chi connectivity index (χ0v) is 36.5. The van der Waals surface area contributed by atoms with Crippen LogP contribution in [0.4, 0.5) is 0 Å². The first kappa shape index (κ1) is 45.3. The Balaban J connectivity index is 1.04. The summed E-state index contributed by atoms with van der Waals surface area (Å²) in [4.78, 5) is 15.8. The van der Waals surface area contributed by atoms with Crippen LogP contribution in [-0.2, 0) is 43.9 Å². The quantitative estimate of drug-likeness (QED) is 0.0626. The van der Waals surface area contributed by atoms with Gasteiger partial charge in [0, 0.05) is 31.1 Å². The van der Waals surface area contributed by atoms with Crippen molar-refractivity contribution >= 4 is 15.9 Å². The number of likely N-dealkylation sites (N-methyl/N-ethyl adjacent to an activating group) is 1. The minimum absolute atomic E-state index is 0.0555. The molecule has 6 aromatic carbocycles. The Bertz CT molecular complexity index is 2540. The second-order valence-corrected chi connectivity index (χ2v) is 18.1. The monoisotopic (exact) mass is 869 g/mol. The van der Waals surface area contributed by atoms with Crippen molar-refractivity contribution in [1.29, 1.82) is 0 Å². The number of aliphatic hydroxyl groups is 2. The first-order valence-electron chi connectivity index (χ1n) is 21.1. The molecule has 11 nitrogen and oxygen atoms in total. The summed E-state index contributed by atoms with van der Waals surface area (Å²) in [5, 5.41) is 33.6. The summed E-state index contributed by atoms with van der Waals surface area (Å²) in [5.41, 5.74) is 7.70. The van der Waals surface area contributed by atoms with E-state index in [0.717, 1.165) is 44.5 Å². The number of sulfonamides is 1. The largest absolute Gasteiger partial charge is 0.508 e. The first-order chi connectivity index (χ1) is 30.3. The Labute approximate surface area is 370 Å². The molecule has 63 heavy (non-hydrogen) atoms. The van der Waals surface area contributed by atoms with Gasteiger partial charge in [0.05, 0.1) is 29.8 Å². The van der Waals surface area contributed by atoms with E-state index in [4.69, 9.17) is 9.47 Å². The van der Waals surface area contributed by atoms with Gasteiger partial charge in [0.25, 0.3) is 0 Å². The zero-order valence-electron chi connectivity index (χ0n) is 35.7. The number of nitrogens with one attached hydrogen (secondary N) is 2. The van der Waals surface area contributed by atoms with Crippen molar-refractivity contribution in [3.05, 3.63) is 191 Å². The predicted molar refractivity (Wildman–Crippen MR) is 243 cm³/mol. The Morgan fingerprint density at radius 2 is 1.44 bits per heavy atom. The maximum absolute atomic E-state index is 13.7. The van der Waals surface area contributed by atoms with Crippen LogP contribution in [0.1, 0.15) is 64.4 Å². The van der Waals surface area contributed by atoms with Gasteiger partial charge < -0.3 is 35.0 Å². The lowest BCUT2D eigenvalue weighted by Gasteiger charge is -2.42. The lowest BCUT2D eigenvalue weighted by molar-refractivity contribution is -0.276. The number of hydrogen-bond acceptors (Lipinski definition) is 9. The number of ether oxygens (including phenoxy) is 2. The highest BCUT2D eigenvalue weighted by molar-refractivity contribution is 7.89. The van der Waals surface area contributed by atoms with Gasteiger partial charge in [-0.15, -0.1) is 0 Å². The van der Waals surface area contributed by atoms with Crippen LogP contribution in [0, 0.1) is 12.8 Å². The fourth-order valence-corrected chi connectivity index (χ4v) is 9.05. The van der Waals surface area contributed by atoms with E-state index >= 15 is 0 Å². The van der Waals surface area contributed by atoms with E-state index in [9.17, 15) is 28.5 Å². The van der Waals surface area contributed by atoms with Gasteiger partial charge in [-0.05, 0) is 89.7 Å². The summed E-state index contributed by atoms with van der Waals surface area (Å²) in [5.74, 6) is -0.403. The fraction of sp³-hybridized carbons (Fsp3) is 0.275. The van der Waals surface area contributed by atoms with Crippen molar-refractivity contribution in [2.45, 2.75) is 69.0 Å². The van der Waals surface area contributed by atoms with Gasteiger partial charge in [0.15, 0.2) is 6.29 Å². The number of carbonyl (C=O) groups excluding carboxylic acids is 1. The molecule has 6 aromatic rings. The van der Waals surface area contributed by atoms with Gasteiger partial charge in [-0.2, -0.15) is 4.72 Å². The molecule has 1 fully saturated rings. The third-order valence-electron chi connectivity index (χ3n) is 11.5. The molecule has 0 spiro atoms.